The van der Waals surface area contributed by atoms with Crippen molar-refractivity contribution in [3.8, 4) is 0 Å². The van der Waals surface area contributed by atoms with Gasteiger partial charge in [0.1, 0.15) is 5.82 Å². The highest BCUT2D eigenvalue weighted by Gasteiger charge is 2.27. The summed E-state index contributed by atoms with van der Waals surface area (Å²) in [5, 5.41) is 0. The molecule has 11 heteroatoms. The number of fused-ring (bicyclic) bond motifs is 1. The molecule has 1 saturated heterocycles. The molecule has 11 nitrogen and oxygen atoms in total. The molecule has 0 aliphatic carbocycles. The molecule has 0 N–H and O–H groups in total. The minimum atomic E-state index is -0.601. The standard InChI is InChI=1S/C19H28N6O5/c1-6-30-19(29)24-9-7-23(8-10-24)11-14-20-16-15(25(14)12(2)13(3)26)17(27)22(5)18(28)21(16)4/h12H,6-11H2,1-5H3. The number of aryl methyl sites for hydroxylation is 1. The first-order valence-corrected chi connectivity index (χ1v) is 9.98. The van der Waals surface area contributed by atoms with E-state index in [2.05, 4.69) is 9.88 Å². The summed E-state index contributed by atoms with van der Waals surface area (Å²) in [6, 6.07) is -0.601. The topological polar surface area (TPSA) is 112 Å². The zero-order valence-electron chi connectivity index (χ0n) is 18.0. The van der Waals surface area contributed by atoms with Crippen molar-refractivity contribution in [1.29, 1.82) is 0 Å². The molecule has 1 fully saturated rings. The Balaban J connectivity index is 1.97. The number of imidazole rings is 1. The average Bonchev–Trinajstić information content (AvgIpc) is 3.09. The van der Waals surface area contributed by atoms with E-state index in [9.17, 15) is 19.2 Å². The summed E-state index contributed by atoms with van der Waals surface area (Å²) in [5.41, 5.74) is -0.451. The van der Waals surface area contributed by atoms with E-state index in [1.807, 2.05) is 0 Å². The molecule has 1 aliphatic heterocycles. The lowest BCUT2D eigenvalue weighted by Gasteiger charge is -2.34. The maximum atomic E-state index is 12.8. The van der Waals surface area contributed by atoms with Crippen molar-refractivity contribution in [2.75, 3.05) is 32.8 Å². The van der Waals surface area contributed by atoms with Gasteiger partial charge in [0.15, 0.2) is 16.9 Å². The molecular formula is C19H28N6O5. The summed E-state index contributed by atoms with van der Waals surface area (Å²) < 4.78 is 9.03. The second-order valence-electron chi connectivity index (χ2n) is 7.52. The number of piperazine rings is 1. The number of aromatic nitrogens is 4. The third-order valence-corrected chi connectivity index (χ3v) is 5.60. The Labute approximate surface area is 173 Å². The number of ketones is 1. The summed E-state index contributed by atoms with van der Waals surface area (Å²) in [7, 11) is 2.97. The fraction of sp³-hybridized carbons (Fsp3) is 0.632. The van der Waals surface area contributed by atoms with Crippen LogP contribution in [0.1, 0.15) is 32.6 Å². The Kier molecular flexibility index (Phi) is 6.11. The summed E-state index contributed by atoms with van der Waals surface area (Å²) in [6.45, 7) is 7.91. The van der Waals surface area contributed by atoms with E-state index >= 15 is 0 Å². The summed E-state index contributed by atoms with van der Waals surface area (Å²) in [4.78, 5) is 57.5. The van der Waals surface area contributed by atoms with Gasteiger partial charge in [0.25, 0.3) is 5.56 Å². The second kappa shape index (κ2) is 8.42. The monoisotopic (exact) mass is 420 g/mol. The zero-order valence-corrected chi connectivity index (χ0v) is 18.0. The Morgan fingerprint density at radius 1 is 1.10 bits per heavy atom. The van der Waals surface area contributed by atoms with Gasteiger partial charge in [-0.2, -0.15) is 0 Å². The molecule has 2 aromatic heterocycles. The molecular weight excluding hydrogens is 392 g/mol. The predicted molar refractivity (Wildman–Crippen MR) is 109 cm³/mol. The normalized spacial score (nSPS) is 16.1. The van der Waals surface area contributed by atoms with Crippen LogP contribution in [0.15, 0.2) is 9.59 Å². The van der Waals surface area contributed by atoms with Crippen LogP contribution in [-0.4, -0.2) is 73.1 Å². The summed E-state index contributed by atoms with van der Waals surface area (Å²) in [5.74, 6) is 0.425. The molecule has 0 radical (unpaired) electrons. The van der Waals surface area contributed by atoms with Crippen LogP contribution >= 0.6 is 0 Å². The van der Waals surface area contributed by atoms with Crippen LogP contribution in [0.4, 0.5) is 4.79 Å². The number of nitrogens with zero attached hydrogens (tertiary/aromatic N) is 6. The van der Waals surface area contributed by atoms with Gasteiger partial charge in [-0.15, -0.1) is 0 Å². The largest absolute Gasteiger partial charge is 0.450 e. The molecule has 164 valence electrons. The molecule has 0 spiro atoms. The lowest BCUT2D eigenvalue weighted by molar-refractivity contribution is -0.119. The van der Waals surface area contributed by atoms with Gasteiger partial charge in [0, 0.05) is 40.3 Å². The lowest BCUT2D eigenvalue weighted by Crippen LogP contribution is -2.48. The van der Waals surface area contributed by atoms with E-state index < -0.39 is 17.3 Å². The highest BCUT2D eigenvalue weighted by atomic mass is 16.6. The summed E-state index contributed by atoms with van der Waals surface area (Å²) >= 11 is 0. The quantitative estimate of drug-likeness (QED) is 0.662. The van der Waals surface area contributed by atoms with Crippen LogP contribution < -0.4 is 11.2 Å². The van der Waals surface area contributed by atoms with Gasteiger partial charge < -0.3 is 14.2 Å². The third kappa shape index (κ3) is 3.76. The molecule has 3 rings (SSSR count). The Morgan fingerprint density at radius 3 is 2.30 bits per heavy atom. The van der Waals surface area contributed by atoms with Crippen molar-refractivity contribution >= 4 is 23.0 Å². The van der Waals surface area contributed by atoms with Gasteiger partial charge in [0.2, 0.25) is 0 Å². The molecule has 1 aliphatic rings. The number of Topliss-reactive ketones (excluding diaryl/α,β-unsaturated/α-hetero) is 1. The highest BCUT2D eigenvalue weighted by molar-refractivity contribution is 5.82. The minimum absolute atomic E-state index is 0.112. The zero-order chi connectivity index (χ0) is 22.2. The molecule has 0 aromatic carbocycles. The first-order valence-electron chi connectivity index (χ1n) is 9.98. The van der Waals surface area contributed by atoms with E-state index in [0.29, 0.717) is 45.2 Å². The molecule has 3 heterocycles. The van der Waals surface area contributed by atoms with Crippen LogP contribution in [0.2, 0.25) is 0 Å². The van der Waals surface area contributed by atoms with Crippen molar-refractivity contribution in [3.05, 3.63) is 26.7 Å². The summed E-state index contributed by atoms with van der Waals surface area (Å²) in [6.07, 6.45) is -0.326. The molecule has 1 unspecified atom stereocenters. The Bertz CT molecular complexity index is 1090. The van der Waals surface area contributed by atoms with Crippen LogP contribution in [0.25, 0.3) is 11.2 Å². The highest BCUT2D eigenvalue weighted by Crippen LogP contribution is 2.20. The lowest BCUT2D eigenvalue weighted by atomic mass is 10.2. The number of hydrogen-bond donors (Lipinski definition) is 0. The molecule has 30 heavy (non-hydrogen) atoms. The van der Waals surface area contributed by atoms with E-state index in [1.165, 1.54) is 18.5 Å². The van der Waals surface area contributed by atoms with Gasteiger partial charge in [-0.05, 0) is 20.8 Å². The van der Waals surface area contributed by atoms with Gasteiger partial charge in [-0.25, -0.2) is 14.6 Å². The first kappa shape index (κ1) is 21.8. The Hall–Kier alpha value is -2.95. The van der Waals surface area contributed by atoms with Gasteiger partial charge in [0.05, 0.1) is 19.2 Å². The van der Waals surface area contributed by atoms with E-state index in [0.717, 1.165) is 4.57 Å². The average molecular weight is 420 g/mol. The fourth-order valence-electron chi connectivity index (χ4n) is 3.67. The Morgan fingerprint density at radius 2 is 1.73 bits per heavy atom. The van der Waals surface area contributed by atoms with Gasteiger partial charge in [-0.3, -0.25) is 23.6 Å². The van der Waals surface area contributed by atoms with Crippen LogP contribution in [0, 0.1) is 0 Å². The van der Waals surface area contributed by atoms with Crippen LogP contribution in [-0.2, 0) is 30.2 Å². The first-order chi connectivity index (χ1) is 14.2. The maximum absolute atomic E-state index is 12.8. The van der Waals surface area contributed by atoms with Crippen molar-refractivity contribution in [1.82, 2.24) is 28.5 Å². The van der Waals surface area contributed by atoms with E-state index in [1.54, 1.807) is 30.4 Å². The third-order valence-electron chi connectivity index (χ3n) is 5.60. The van der Waals surface area contributed by atoms with Crippen molar-refractivity contribution in [3.63, 3.8) is 0 Å². The molecule has 0 bridgehead atoms. The minimum Gasteiger partial charge on any atom is -0.450 e. The van der Waals surface area contributed by atoms with E-state index in [-0.39, 0.29) is 23.0 Å². The predicted octanol–water partition coefficient (Wildman–Crippen LogP) is -0.142. The smallest absolute Gasteiger partial charge is 0.409 e. The number of hydrogen-bond acceptors (Lipinski definition) is 7. The number of carbonyl (C=O) groups is 2. The van der Waals surface area contributed by atoms with E-state index in [4.69, 9.17) is 4.74 Å². The van der Waals surface area contributed by atoms with Crippen molar-refractivity contribution < 1.29 is 14.3 Å². The molecule has 1 amide bonds. The number of amides is 1. The number of carbonyl (C=O) groups excluding carboxylic acids is 2. The molecule has 2 aromatic rings. The van der Waals surface area contributed by atoms with Crippen LogP contribution in [0.3, 0.4) is 0 Å². The molecule has 1 atom stereocenters. The molecule has 0 saturated carbocycles. The van der Waals surface area contributed by atoms with Gasteiger partial charge in [-0.1, -0.05) is 0 Å². The van der Waals surface area contributed by atoms with Crippen LogP contribution in [0.5, 0.6) is 0 Å². The SMILES string of the molecule is CCOC(=O)N1CCN(Cc2nc3c(c(=O)n(C)c(=O)n3C)n2C(C)C(C)=O)CC1. The van der Waals surface area contributed by atoms with Gasteiger partial charge >= 0.3 is 11.8 Å². The van der Waals surface area contributed by atoms with Crippen molar-refractivity contribution in [2.45, 2.75) is 33.4 Å². The maximum Gasteiger partial charge on any atom is 0.409 e. The number of rotatable bonds is 5. The second-order valence-corrected chi connectivity index (χ2v) is 7.52. The van der Waals surface area contributed by atoms with Crippen molar-refractivity contribution in [2.24, 2.45) is 14.1 Å². The fourth-order valence-corrected chi connectivity index (χ4v) is 3.67. The number of ether oxygens (including phenoxy) is 1.